The SMILES string of the molecule is CC1Cc2cc(-c3ccc(N)nc3)ccc2O1. The topological polar surface area (TPSA) is 48.1 Å². The Morgan fingerprint density at radius 1 is 1.24 bits per heavy atom. The highest BCUT2D eigenvalue weighted by Crippen LogP contribution is 2.32. The molecule has 2 aromatic rings. The van der Waals surface area contributed by atoms with Gasteiger partial charge in [0.2, 0.25) is 0 Å². The Morgan fingerprint density at radius 2 is 2.06 bits per heavy atom. The minimum Gasteiger partial charge on any atom is -0.490 e. The summed E-state index contributed by atoms with van der Waals surface area (Å²) in [6, 6.07) is 10.1. The third kappa shape index (κ3) is 1.84. The number of pyridine rings is 1. The van der Waals surface area contributed by atoms with Gasteiger partial charge in [0.15, 0.2) is 0 Å². The molecule has 17 heavy (non-hydrogen) atoms. The molecule has 1 unspecified atom stereocenters. The van der Waals surface area contributed by atoms with Gasteiger partial charge in [-0.2, -0.15) is 0 Å². The second kappa shape index (κ2) is 3.77. The summed E-state index contributed by atoms with van der Waals surface area (Å²) in [6.07, 6.45) is 3.06. The molecular formula is C14H14N2O. The van der Waals surface area contributed by atoms with E-state index in [1.807, 2.05) is 18.2 Å². The molecule has 0 bridgehead atoms. The summed E-state index contributed by atoms with van der Waals surface area (Å²) in [6.45, 7) is 2.09. The maximum absolute atomic E-state index is 5.68. The molecule has 1 aromatic heterocycles. The Balaban J connectivity index is 2.00. The van der Waals surface area contributed by atoms with E-state index in [9.17, 15) is 0 Å². The minimum absolute atomic E-state index is 0.282. The molecule has 2 N–H and O–H groups in total. The number of aromatic nitrogens is 1. The van der Waals surface area contributed by atoms with Gasteiger partial charge in [0.05, 0.1) is 0 Å². The molecule has 0 amide bonds. The fourth-order valence-electron chi connectivity index (χ4n) is 2.18. The normalized spacial score (nSPS) is 17.6. The number of hydrogen-bond donors (Lipinski definition) is 1. The summed E-state index contributed by atoms with van der Waals surface area (Å²) >= 11 is 0. The second-order valence-corrected chi connectivity index (χ2v) is 4.43. The lowest BCUT2D eigenvalue weighted by molar-refractivity contribution is 0.254. The number of ether oxygens (including phenoxy) is 1. The number of benzene rings is 1. The van der Waals surface area contributed by atoms with E-state index in [0.29, 0.717) is 5.82 Å². The van der Waals surface area contributed by atoms with Crippen LogP contribution in [0.2, 0.25) is 0 Å². The first kappa shape index (κ1) is 10.1. The van der Waals surface area contributed by atoms with E-state index in [0.717, 1.165) is 23.3 Å². The quantitative estimate of drug-likeness (QED) is 0.813. The van der Waals surface area contributed by atoms with Crippen LogP contribution in [-0.4, -0.2) is 11.1 Å². The van der Waals surface area contributed by atoms with Gasteiger partial charge in [-0.15, -0.1) is 0 Å². The summed E-state index contributed by atoms with van der Waals surface area (Å²) < 4.78 is 5.68. The standard InChI is InChI=1S/C14H14N2O/c1-9-6-12-7-10(2-4-13(12)17-9)11-3-5-14(15)16-8-11/h2-5,7-9H,6H2,1H3,(H2,15,16). The molecule has 1 aliphatic rings. The number of anilines is 1. The predicted molar refractivity (Wildman–Crippen MR) is 67.9 cm³/mol. The fourth-order valence-corrected chi connectivity index (χ4v) is 2.18. The van der Waals surface area contributed by atoms with Crippen molar-refractivity contribution in [1.29, 1.82) is 0 Å². The van der Waals surface area contributed by atoms with Gasteiger partial charge < -0.3 is 10.5 Å². The molecule has 3 heteroatoms. The van der Waals surface area contributed by atoms with Crippen LogP contribution in [-0.2, 0) is 6.42 Å². The Hall–Kier alpha value is -2.03. The van der Waals surface area contributed by atoms with Crippen LogP contribution in [0.1, 0.15) is 12.5 Å². The zero-order valence-corrected chi connectivity index (χ0v) is 9.68. The molecule has 0 spiro atoms. The molecule has 0 saturated carbocycles. The first-order valence-electron chi connectivity index (χ1n) is 5.74. The Kier molecular flexibility index (Phi) is 2.25. The predicted octanol–water partition coefficient (Wildman–Crippen LogP) is 2.65. The number of fused-ring (bicyclic) bond motifs is 1. The van der Waals surface area contributed by atoms with Crippen molar-refractivity contribution in [3.05, 3.63) is 42.1 Å². The van der Waals surface area contributed by atoms with Gasteiger partial charge in [-0.1, -0.05) is 6.07 Å². The van der Waals surface area contributed by atoms with Crippen LogP contribution in [0.3, 0.4) is 0 Å². The van der Waals surface area contributed by atoms with Crippen LogP contribution in [0.5, 0.6) is 5.75 Å². The average molecular weight is 226 g/mol. The van der Waals surface area contributed by atoms with Crippen molar-refractivity contribution in [2.75, 3.05) is 5.73 Å². The molecule has 3 nitrogen and oxygen atoms in total. The van der Waals surface area contributed by atoms with Crippen molar-refractivity contribution in [3.63, 3.8) is 0 Å². The Morgan fingerprint density at radius 3 is 2.82 bits per heavy atom. The highest BCUT2D eigenvalue weighted by atomic mass is 16.5. The molecular weight excluding hydrogens is 212 g/mol. The van der Waals surface area contributed by atoms with E-state index < -0.39 is 0 Å². The number of nitrogen functional groups attached to an aromatic ring is 1. The van der Waals surface area contributed by atoms with Gasteiger partial charge in [-0.05, 0) is 42.3 Å². The van der Waals surface area contributed by atoms with Gasteiger partial charge in [0, 0.05) is 18.2 Å². The van der Waals surface area contributed by atoms with Gasteiger partial charge in [0.1, 0.15) is 17.7 Å². The number of hydrogen-bond acceptors (Lipinski definition) is 3. The molecule has 0 fully saturated rings. The van der Waals surface area contributed by atoms with E-state index in [4.69, 9.17) is 10.5 Å². The van der Waals surface area contributed by atoms with E-state index in [2.05, 4.69) is 24.0 Å². The maximum atomic E-state index is 5.68. The highest BCUT2D eigenvalue weighted by Gasteiger charge is 2.19. The molecule has 0 saturated heterocycles. The Bertz CT molecular complexity index is 549. The molecule has 2 heterocycles. The van der Waals surface area contributed by atoms with Crippen molar-refractivity contribution >= 4 is 5.82 Å². The monoisotopic (exact) mass is 226 g/mol. The fraction of sp³-hybridized carbons (Fsp3) is 0.214. The lowest BCUT2D eigenvalue weighted by atomic mass is 10.0. The smallest absolute Gasteiger partial charge is 0.123 e. The summed E-state index contributed by atoms with van der Waals surface area (Å²) in [4.78, 5) is 4.11. The molecule has 1 aromatic carbocycles. The average Bonchev–Trinajstić information content (AvgIpc) is 2.69. The zero-order chi connectivity index (χ0) is 11.8. The molecule has 3 rings (SSSR count). The summed E-state index contributed by atoms with van der Waals surface area (Å²) in [7, 11) is 0. The van der Waals surface area contributed by atoms with Crippen LogP contribution in [0.25, 0.3) is 11.1 Å². The molecule has 1 aliphatic heterocycles. The minimum atomic E-state index is 0.282. The second-order valence-electron chi connectivity index (χ2n) is 4.43. The van der Waals surface area contributed by atoms with Crippen molar-refractivity contribution < 1.29 is 4.74 Å². The van der Waals surface area contributed by atoms with Gasteiger partial charge in [-0.25, -0.2) is 4.98 Å². The first-order chi connectivity index (χ1) is 8.22. The lowest BCUT2D eigenvalue weighted by Crippen LogP contribution is -2.05. The van der Waals surface area contributed by atoms with Crippen molar-refractivity contribution in [1.82, 2.24) is 4.98 Å². The Labute approximate surface area is 100 Å². The molecule has 0 aliphatic carbocycles. The number of nitrogens with two attached hydrogens (primary N) is 1. The first-order valence-corrected chi connectivity index (χ1v) is 5.74. The van der Waals surface area contributed by atoms with Crippen LogP contribution in [0.4, 0.5) is 5.82 Å². The van der Waals surface area contributed by atoms with Gasteiger partial charge in [0.25, 0.3) is 0 Å². The number of rotatable bonds is 1. The molecule has 1 atom stereocenters. The largest absolute Gasteiger partial charge is 0.490 e. The summed E-state index contributed by atoms with van der Waals surface area (Å²) in [5, 5.41) is 0. The van der Waals surface area contributed by atoms with Crippen molar-refractivity contribution in [2.45, 2.75) is 19.4 Å². The summed E-state index contributed by atoms with van der Waals surface area (Å²) in [5.74, 6) is 1.55. The highest BCUT2D eigenvalue weighted by molar-refractivity contribution is 5.66. The van der Waals surface area contributed by atoms with Crippen molar-refractivity contribution in [2.24, 2.45) is 0 Å². The zero-order valence-electron chi connectivity index (χ0n) is 9.68. The third-order valence-electron chi connectivity index (χ3n) is 3.02. The maximum Gasteiger partial charge on any atom is 0.123 e. The number of nitrogens with zero attached hydrogens (tertiary/aromatic N) is 1. The van der Waals surface area contributed by atoms with E-state index >= 15 is 0 Å². The lowest BCUT2D eigenvalue weighted by Gasteiger charge is -2.04. The molecule has 0 radical (unpaired) electrons. The van der Waals surface area contributed by atoms with Crippen LogP contribution < -0.4 is 10.5 Å². The molecule has 86 valence electrons. The summed E-state index contributed by atoms with van der Waals surface area (Å²) in [5.41, 5.74) is 9.10. The van der Waals surface area contributed by atoms with E-state index in [1.54, 1.807) is 6.20 Å². The van der Waals surface area contributed by atoms with Crippen LogP contribution in [0, 0.1) is 0 Å². The van der Waals surface area contributed by atoms with Crippen molar-refractivity contribution in [3.8, 4) is 16.9 Å². The van der Waals surface area contributed by atoms with Gasteiger partial charge in [-0.3, -0.25) is 0 Å². The van der Waals surface area contributed by atoms with E-state index in [-0.39, 0.29) is 6.10 Å². The van der Waals surface area contributed by atoms with E-state index in [1.165, 1.54) is 5.56 Å². The van der Waals surface area contributed by atoms with Crippen LogP contribution in [0.15, 0.2) is 36.5 Å². The third-order valence-corrected chi connectivity index (χ3v) is 3.02. The van der Waals surface area contributed by atoms with Crippen LogP contribution >= 0.6 is 0 Å². The van der Waals surface area contributed by atoms with Gasteiger partial charge >= 0.3 is 0 Å².